The number of ether oxygens (including phenoxy) is 1. The summed E-state index contributed by atoms with van der Waals surface area (Å²) in [5.41, 5.74) is 1.26. The van der Waals surface area contributed by atoms with Crippen molar-refractivity contribution in [2.45, 2.75) is 57.4 Å². The van der Waals surface area contributed by atoms with Gasteiger partial charge in [-0.25, -0.2) is 0 Å². The normalized spacial score (nSPS) is 21.0. The Morgan fingerprint density at radius 1 is 1.31 bits per heavy atom. The molecule has 2 aliphatic rings. The highest BCUT2D eigenvalue weighted by molar-refractivity contribution is 5.16. The van der Waals surface area contributed by atoms with E-state index in [1.165, 1.54) is 37.7 Å². The van der Waals surface area contributed by atoms with Gasteiger partial charge in [0, 0.05) is 18.2 Å². The lowest BCUT2D eigenvalue weighted by molar-refractivity contribution is -0.0161. The molecule has 1 N–H and O–H groups in total. The van der Waals surface area contributed by atoms with Gasteiger partial charge < -0.3 is 14.5 Å². The van der Waals surface area contributed by atoms with Crippen molar-refractivity contribution in [1.29, 1.82) is 0 Å². The Morgan fingerprint density at radius 3 is 2.88 bits per heavy atom. The molecular weight excluding hydrogens is 202 g/mol. The van der Waals surface area contributed by atoms with Crippen molar-refractivity contribution >= 4 is 0 Å². The Kier molecular flexibility index (Phi) is 2.98. The van der Waals surface area contributed by atoms with E-state index >= 15 is 0 Å². The first kappa shape index (κ1) is 10.4. The van der Waals surface area contributed by atoms with Gasteiger partial charge in [0.15, 0.2) is 0 Å². The first-order chi connectivity index (χ1) is 7.92. The Hall–Kier alpha value is -0.800. The Labute approximate surface area is 96.2 Å². The van der Waals surface area contributed by atoms with Crippen LogP contribution in [0.2, 0.25) is 0 Å². The molecule has 1 aromatic heterocycles. The predicted molar refractivity (Wildman–Crippen MR) is 61.0 cm³/mol. The van der Waals surface area contributed by atoms with Crippen molar-refractivity contribution in [3.05, 3.63) is 23.7 Å². The quantitative estimate of drug-likeness (QED) is 0.801. The summed E-state index contributed by atoms with van der Waals surface area (Å²) in [7, 11) is 0. The Morgan fingerprint density at radius 2 is 2.19 bits per heavy atom. The molecule has 3 heteroatoms. The maximum Gasteiger partial charge on any atom is 0.133 e. The highest BCUT2D eigenvalue weighted by Crippen LogP contribution is 2.24. The van der Waals surface area contributed by atoms with E-state index in [2.05, 4.69) is 11.4 Å². The minimum atomic E-state index is 0.481. The molecule has 0 spiro atoms. The Bertz CT molecular complexity index is 339. The summed E-state index contributed by atoms with van der Waals surface area (Å²) in [6, 6.07) is 2.80. The van der Waals surface area contributed by atoms with Crippen LogP contribution in [0.4, 0.5) is 0 Å². The van der Waals surface area contributed by atoms with E-state index in [0.717, 1.165) is 18.3 Å². The number of furan rings is 1. The fourth-order valence-corrected chi connectivity index (χ4v) is 1.92. The molecule has 0 saturated heterocycles. The molecule has 1 heterocycles. The fraction of sp³-hybridized carbons (Fsp3) is 0.692. The Balaban J connectivity index is 1.49. The summed E-state index contributed by atoms with van der Waals surface area (Å²) in [5, 5.41) is 3.50. The minimum absolute atomic E-state index is 0.481. The van der Waals surface area contributed by atoms with Crippen molar-refractivity contribution < 1.29 is 9.15 Å². The average molecular weight is 221 g/mol. The van der Waals surface area contributed by atoms with Crippen molar-refractivity contribution in [2.24, 2.45) is 0 Å². The first-order valence-corrected chi connectivity index (χ1v) is 6.32. The van der Waals surface area contributed by atoms with Crippen LogP contribution in [0, 0.1) is 0 Å². The molecule has 0 amide bonds. The standard InChI is InChI=1S/C13H19NO2/c1-2-12(3-1)16-9-13-10(6-7-15-13)8-14-11-4-5-11/h6-7,11-12,14H,1-5,8-9H2. The zero-order valence-corrected chi connectivity index (χ0v) is 9.58. The molecule has 0 radical (unpaired) electrons. The summed E-state index contributed by atoms with van der Waals surface area (Å²) in [5.74, 6) is 1.00. The van der Waals surface area contributed by atoms with Crippen LogP contribution in [0.15, 0.2) is 16.7 Å². The van der Waals surface area contributed by atoms with Crippen LogP contribution in [-0.4, -0.2) is 12.1 Å². The minimum Gasteiger partial charge on any atom is -0.467 e. The molecule has 1 aromatic rings. The third kappa shape index (κ3) is 2.47. The van der Waals surface area contributed by atoms with Gasteiger partial charge >= 0.3 is 0 Å². The van der Waals surface area contributed by atoms with Gasteiger partial charge in [-0.2, -0.15) is 0 Å². The molecule has 2 aliphatic carbocycles. The maximum absolute atomic E-state index is 5.76. The van der Waals surface area contributed by atoms with Gasteiger partial charge in [-0.05, 0) is 38.2 Å². The molecule has 0 aliphatic heterocycles. The van der Waals surface area contributed by atoms with Gasteiger partial charge in [0.1, 0.15) is 12.4 Å². The SMILES string of the molecule is c1cc(CNC2CC2)c(COC2CCC2)o1. The molecule has 0 aromatic carbocycles. The largest absolute Gasteiger partial charge is 0.467 e. The number of hydrogen-bond donors (Lipinski definition) is 1. The maximum atomic E-state index is 5.76. The highest BCUT2D eigenvalue weighted by Gasteiger charge is 2.22. The molecule has 2 fully saturated rings. The molecular formula is C13H19NO2. The lowest BCUT2D eigenvalue weighted by Crippen LogP contribution is -2.21. The fourth-order valence-electron chi connectivity index (χ4n) is 1.92. The first-order valence-electron chi connectivity index (χ1n) is 6.32. The lowest BCUT2D eigenvalue weighted by atomic mass is 9.96. The zero-order chi connectivity index (χ0) is 10.8. The zero-order valence-electron chi connectivity index (χ0n) is 9.58. The van der Waals surface area contributed by atoms with Gasteiger partial charge in [0.05, 0.1) is 12.4 Å². The third-order valence-corrected chi connectivity index (χ3v) is 3.50. The molecule has 88 valence electrons. The molecule has 16 heavy (non-hydrogen) atoms. The van der Waals surface area contributed by atoms with Crippen LogP contribution < -0.4 is 5.32 Å². The lowest BCUT2D eigenvalue weighted by Gasteiger charge is -2.25. The topological polar surface area (TPSA) is 34.4 Å². The van der Waals surface area contributed by atoms with Gasteiger partial charge in [0.25, 0.3) is 0 Å². The molecule has 0 bridgehead atoms. The van der Waals surface area contributed by atoms with E-state index in [-0.39, 0.29) is 0 Å². The summed E-state index contributed by atoms with van der Waals surface area (Å²) < 4.78 is 11.2. The van der Waals surface area contributed by atoms with Crippen LogP contribution in [0.5, 0.6) is 0 Å². The third-order valence-electron chi connectivity index (χ3n) is 3.50. The monoisotopic (exact) mass is 221 g/mol. The van der Waals surface area contributed by atoms with Crippen molar-refractivity contribution in [3.8, 4) is 0 Å². The van der Waals surface area contributed by atoms with Crippen LogP contribution >= 0.6 is 0 Å². The van der Waals surface area contributed by atoms with Gasteiger partial charge in [-0.3, -0.25) is 0 Å². The number of hydrogen-bond acceptors (Lipinski definition) is 3. The van der Waals surface area contributed by atoms with Crippen LogP contribution in [0.3, 0.4) is 0 Å². The molecule has 2 saturated carbocycles. The van der Waals surface area contributed by atoms with E-state index < -0.39 is 0 Å². The summed E-state index contributed by atoms with van der Waals surface area (Å²) in [4.78, 5) is 0. The van der Waals surface area contributed by atoms with Crippen molar-refractivity contribution in [1.82, 2.24) is 5.32 Å². The molecule has 3 nitrogen and oxygen atoms in total. The van der Waals surface area contributed by atoms with Crippen molar-refractivity contribution in [2.75, 3.05) is 0 Å². The average Bonchev–Trinajstić information content (AvgIpc) is 2.94. The van der Waals surface area contributed by atoms with Gasteiger partial charge in [-0.1, -0.05) is 0 Å². The van der Waals surface area contributed by atoms with E-state index in [4.69, 9.17) is 9.15 Å². The van der Waals surface area contributed by atoms with Crippen LogP contribution in [-0.2, 0) is 17.9 Å². The smallest absolute Gasteiger partial charge is 0.133 e. The second-order valence-corrected chi connectivity index (χ2v) is 4.89. The highest BCUT2D eigenvalue weighted by atomic mass is 16.5. The predicted octanol–water partition coefficient (Wildman–Crippen LogP) is 2.60. The molecule has 0 unspecified atom stereocenters. The summed E-state index contributed by atoms with van der Waals surface area (Å²) in [6.45, 7) is 1.56. The second kappa shape index (κ2) is 4.60. The second-order valence-electron chi connectivity index (χ2n) is 4.89. The van der Waals surface area contributed by atoms with Crippen molar-refractivity contribution in [3.63, 3.8) is 0 Å². The van der Waals surface area contributed by atoms with E-state index in [1.807, 2.05) is 0 Å². The summed E-state index contributed by atoms with van der Waals surface area (Å²) in [6.07, 6.45) is 8.65. The molecule has 0 atom stereocenters. The number of rotatable bonds is 6. The van der Waals surface area contributed by atoms with E-state index in [1.54, 1.807) is 6.26 Å². The molecule has 3 rings (SSSR count). The van der Waals surface area contributed by atoms with Gasteiger partial charge in [-0.15, -0.1) is 0 Å². The summed E-state index contributed by atoms with van der Waals surface area (Å²) >= 11 is 0. The van der Waals surface area contributed by atoms with E-state index in [9.17, 15) is 0 Å². The number of nitrogens with one attached hydrogen (secondary N) is 1. The van der Waals surface area contributed by atoms with Crippen LogP contribution in [0.1, 0.15) is 43.4 Å². The van der Waals surface area contributed by atoms with Gasteiger partial charge in [0.2, 0.25) is 0 Å². The van der Waals surface area contributed by atoms with Crippen LogP contribution in [0.25, 0.3) is 0 Å². The van der Waals surface area contributed by atoms with E-state index in [0.29, 0.717) is 12.7 Å².